The molecule has 0 bridgehead atoms. The van der Waals surface area contributed by atoms with Gasteiger partial charge in [0.1, 0.15) is 5.03 Å². The van der Waals surface area contributed by atoms with Gasteiger partial charge in [-0.3, -0.25) is 0 Å². The van der Waals surface area contributed by atoms with Crippen LogP contribution in [0.15, 0.2) is 23.4 Å². The van der Waals surface area contributed by atoms with Crippen molar-refractivity contribution in [3.05, 3.63) is 23.9 Å². The van der Waals surface area contributed by atoms with E-state index in [1.165, 1.54) is 32.0 Å². The van der Waals surface area contributed by atoms with Crippen LogP contribution in [0.4, 0.5) is 0 Å². The minimum absolute atomic E-state index is 0.193. The van der Waals surface area contributed by atoms with E-state index in [4.69, 9.17) is 14.6 Å². The molecule has 0 unspecified atom stereocenters. The molecule has 0 aromatic carbocycles. The van der Waals surface area contributed by atoms with Gasteiger partial charge in [-0.2, -0.15) is 0 Å². The molecule has 88 valence electrons. The van der Waals surface area contributed by atoms with Crippen molar-refractivity contribution in [2.24, 2.45) is 0 Å². The first-order valence-corrected chi connectivity index (χ1v) is 5.54. The summed E-state index contributed by atoms with van der Waals surface area (Å²) in [4.78, 5) is 14.9. The summed E-state index contributed by atoms with van der Waals surface area (Å²) >= 11 is 1.29. The fourth-order valence-corrected chi connectivity index (χ4v) is 2.06. The highest BCUT2D eigenvalue weighted by molar-refractivity contribution is 7.99. The number of carboxylic acid groups (broad SMARTS) is 1. The van der Waals surface area contributed by atoms with E-state index in [0.717, 1.165) is 0 Å². The largest absolute Gasteiger partial charge is 0.478 e. The second kappa shape index (κ2) is 6.47. The lowest BCUT2D eigenvalue weighted by Crippen LogP contribution is -2.16. The number of aromatic nitrogens is 1. The monoisotopic (exact) mass is 243 g/mol. The highest BCUT2D eigenvalue weighted by atomic mass is 32.2. The zero-order valence-electron chi connectivity index (χ0n) is 9.04. The van der Waals surface area contributed by atoms with Crippen molar-refractivity contribution in [2.75, 3.05) is 20.0 Å². The quantitative estimate of drug-likeness (QED) is 0.603. The van der Waals surface area contributed by atoms with Gasteiger partial charge in [0.25, 0.3) is 0 Å². The summed E-state index contributed by atoms with van der Waals surface area (Å²) in [6.45, 7) is 0. The second-order valence-corrected chi connectivity index (χ2v) is 3.88. The first-order chi connectivity index (χ1) is 7.69. The van der Waals surface area contributed by atoms with E-state index in [9.17, 15) is 4.79 Å². The molecule has 0 saturated heterocycles. The maximum absolute atomic E-state index is 10.9. The van der Waals surface area contributed by atoms with Crippen molar-refractivity contribution in [3.8, 4) is 0 Å². The molecule has 0 spiro atoms. The molecular weight excluding hydrogens is 230 g/mol. The molecule has 1 heterocycles. The van der Waals surface area contributed by atoms with E-state index in [0.29, 0.717) is 10.8 Å². The Morgan fingerprint density at radius 2 is 2.25 bits per heavy atom. The molecule has 0 fully saturated rings. The molecule has 16 heavy (non-hydrogen) atoms. The Hall–Kier alpha value is -1.11. The van der Waals surface area contributed by atoms with Gasteiger partial charge in [0.05, 0.1) is 11.3 Å². The number of carboxylic acids is 1. The highest BCUT2D eigenvalue weighted by Crippen LogP contribution is 2.21. The topological polar surface area (TPSA) is 68.7 Å². The van der Waals surface area contributed by atoms with Gasteiger partial charge in [-0.05, 0) is 12.1 Å². The Bertz CT molecular complexity index is 354. The molecule has 1 rings (SSSR count). The lowest BCUT2D eigenvalue weighted by Gasteiger charge is -2.12. The number of nitrogens with zero attached hydrogens (tertiary/aromatic N) is 1. The lowest BCUT2D eigenvalue weighted by molar-refractivity contribution is -0.0842. The Morgan fingerprint density at radius 3 is 2.81 bits per heavy atom. The summed E-state index contributed by atoms with van der Waals surface area (Å²) in [6, 6.07) is 3.11. The summed E-state index contributed by atoms with van der Waals surface area (Å²) in [5, 5.41) is 9.40. The van der Waals surface area contributed by atoms with Gasteiger partial charge >= 0.3 is 5.97 Å². The molecule has 5 nitrogen and oxygen atoms in total. The Labute approximate surface area is 97.8 Å². The molecule has 1 N–H and O–H groups in total. The van der Waals surface area contributed by atoms with E-state index in [1.54, 1.807) is 12.3 Å². The zero-order valence-corrected chi connectivity index (χ0v) is 9.86. The average Bonchev–Trinajstić information content (AvgIpc) is 2.30. The van der Waals surface area contributed by atoms with E-state index >= 15 is 0 Å². The number of carbonyl (C=O) groups is 1. The summed E-state index contributed by atoms with van der Waals surface area (Å²) in [5.41, 5.74) is 0.193. The van der Waals surface area contributed by atoms with Crippen LogP contribution in [0, 0.1) is 0 Å². The zero-order chi connectivity index (χ0) is 12.0. The Balaban J connectivity index is 2.69. The van der Waals surface area contributed by atoms with Crippen LogP contribution in [0.3, 0.4) is 0 Å². The molecule has 0 amide bonds. The van der Waals surface area contributed by atoms with Gasteiger partial charge in [-0.25, -0.2) is 9.78 Å². The van der Waals surface area contributed by atoms with Crippen molar-refractivity contribution >= 4 is 17.7 Å². The molecule has 0 atom stereocenters. The molecular formula is C10H13NO4S. The van der Waals surface area contributed by atoms with Crippen molar-refractivity contribution in [3.63, 3.8) is 0 Å². The third-order valence-corrected chi connectivity index (χ3v) is 2.92. The maximum Gasteiger partial charge on any atom is 0.338 e. The van der Waals surface area contributed by atoms with Gasteiger partial charge in [0.2, 0.25) is 0 Å². The van der Waals surface area contributed by atoms with Crippen LogP contribution in [0.5, 0.6) is 0 Å². The second-order valence-electron chi connectivity index (χ2n) is 2.87. The summed E-state index contributed by atoms with van der Waals surface area (Å²) in [6.07, 6.45) is 1.19. The van der Waals surface area contributed by atoms with Crippen LogP contribution in [0.2, 0.25) is 0 Å². The number of hydrogen-bond acceptors (Lipinski definition) is 5. The van der Waals surface area contributed by atoms with Crippen molar-refractivity contribution < 1.29 is 19.4 Å². The minimum atomic E-state index is -0.984. The lowest BCUT2D eigenvalue weighted by atomic mass is 10.3. The number of aromatic carboxylic acids is 1. The van der Waals surface area contributed by atoms with Gasteiger partial charge < -0.3 is 14.6 Å². The van der Waals surface area contributed by atoms with Crippen LogP contribution in [0.1, 0.15) is 10.4 Å². The number of ether oxygens (including phenoxy) is 2. The van der Waals surface area contributed by atoms with E-state index in [2.05, 4.69) is 4.98 Å². The van der Waals surface area contributed by atoms with Gasteiger partial charge in [0, 0.05) is 20.4 Å². The fraction of sp³-hybridized carbons (Fsp3) is 0.400. The van der Waals surface area contributed by atoms with Crippen LogP contribution in [0.25, 0.3) is 0 Å². The third-order valence-electron chi connectivity index (χ3n) is 1.88. The summed E-state index contributed by atoms with van der Waals surface area (Å²) < 4.78 is 10.0. The van der Waals surface area contributed by atoms with Crippen LogP contribution in [-0.2, 0) is 9.47 Å². The van der Waals surface area contributed by atoms with Crippen LogP contribution in [-0.4, -0.2) is 42.3 Å². The van der Waals surface area contributed by atoms with Crippen molar-refractivity contribution in [1.29, 1.82) is 0 Å². The Morgan fingerprint density at radius 1 is 1.56 bits per heavy atom. The molecule has 0 radical (unpaired) electrons. The summed E-state index contributed by atoms with van der Waals surface area (Å²) in [5.74, 6) is -0.494. The smallest absolute Gasteiger partial charge is 0.338 e. The third kappa shape index (κ3) is 3.48. The molecule has 0 saturated carbocycles. The number of pyridine rings is 1. The van der Waals surface area contributed by atoms with E-state index in [1.807, 2.05) is 0 Å². The predicted octanol–water partition coefficient (Wildman–Crippen LogP) is 1.49. The molecule has 0 aliphatic carbocycles. The number of methoxy groups -OCH3 is 2. The highest BCUT2D eigenvalue weighted by Gasteiger charge is 2.13. The fourth-order valence-electron chi connectivity index (χ4n) is 1.05. The van der Waals surface area contributed by atoms with E-state index in [-0.39, 0.29) is 11.9 Å². The van der Waals surface area contributed by atoms with Crippen LogP contribution < -0.4 is 0 Å². The number of thioether (sulfide) groups is 1. The van der Waals surface area contributed by atoms with Gasteiger partial charge in [-0.1, -0.05) is 0 Å². The average molecular weight is 243 g/mol. The van der Waals surface area contributed by atoms with Gasteiger partial charge in [-0.15, -0.1) is 11.8 Å². The Kier molecular flexibility index (Phi) is 5.24. The first kappa shape index (κ1) is 13.0. The molecule has 0 aliphatic rings. The predicted molar refractivity (Wildman–Crippen MR) is 59.7 cm³/mol. The minimum Gasteiger partial charge on any atom is -0.478 e. The van der Waals surface area contributed by atoms with Crippen molar-refractivity contribution in [2.45, 2.75) is 11.3 Å². The van der Waals surface area contributed by atoms with Crippen LogP contribution >= 0.6 is 11.8 Å². The summed E-state index contributed by atoms with van der Waals surface area (Å²) in [7, 11) is 3.07. The normalized spacial score (nSPS) is 10.7. The molecule has 1 aromatic rings. The molecule has 1 aromatic heterocycles. The number of rotatable bonds is 6. The van der Waals surface area contributed by atoms with E-state index < -0.39 is 5.97 Å². The van der Waals surface area contributed by atoms with Crippen molar-refractivity contribution in [1.82, 2.24) is 4.98 Å². The molecule has 6 heteroatoms. The standard InChI is InChI=1S/C10H13NO4S/c1-14-8(15-2)6-16-9-7(10(12)13)4-3-5-11-9/h3-5,8H,6H2,1-2H3,(H,12,13). The maximum atomic E-state index is 10.9. The number of hydrogen-bond donors (Lipinski definition) is 1. The molecule has 0 aliphatic heterocycles. The SMILES string of the molecule is COC(CSc1ncccc1C(=O)O)OC. The first-order valence-electron chi connectivity index (χ1n) is 4.55. The van der Waals surface area contributed by atoms with Gasteiger partial charge in [0.15, 0.2) is 6.29 Å².